The van der Waals surface area contributed by atoms with E-state index in [1.165, 1.54) is 6.07 Å². The zero-order chi connectivity index (χ0) is 16.8. The van der Waals surface area contributed by atoms with Crippen LogP contribution in [0.25, 0.3) is 0 Å². The van der Waals surface area contributed by atoms with Gasteiger partial charge in [0.25, 0.3) is 5.91 Å². The second kappa shape index (κ2) is 8.29. The molecule has 0 bridgehead atoms. The number of phenols is 1. The molecular formula is C17H26N2O4. The number of hydrogen-bond donors (Lipinski definition) is 4. The highest BCUT2D eigenvalue weighted by molar-refractivity contribution is 5.96. The van der Waals surface area contributed by atoms with Gasteiger partial charge < -0.3 is 20.6 Å². The van der Waals surface area contributed by atoms with Gasteiger partial charge in [0.1, 0.15) is 5.75 Å². The number of piperidine rings is 1. The highest BCUT2D eigenvalue weighted by Crippen LogP contribution is 2.20. The van der Waals surface area contributed by atoms with Crippen molar-refractivity contribution in [3.63, 3.8) is 0 Å². The minimum Gasteiger partial charge on any atom is -0.507 e. The Balaban J connectivity index is 1.90. The summed E-state index contributed by atoms with van der Waals surface area (Å²) in [5.41, 5.74) is 1.21. The van der Waals surface area contributed by atoms with Crippen LogP contribution < -0.4 is 5.32 Å². The second-order valence-corrected chi connectivity index (χ2v) is 6.25. The molecule has 1 saturated heterocycles. The molecule has 1 fully saturated rings. The van der Waals surface area contributed by atoms with Gasteiger partial charge in [-0.3, -0.25) is 9.69 Å². The number of hydrogen-bond acceptors (Lipinski definition) is 5. The average molecular weight is 322 g/mol. The van der Waals surface area contributed by atoms with Crippen molar-refractivity contribution in [2.75, 3.05) is 32.8 Å². The van der Waals surface area contributed by atoms with Gasteiger partial charge in [0.05, 0.1) is 24.8 Å². The Morgan fingerprint density at radius 3 is 2.83 bits per heavy atom. The summed E-state index contributed by atoms with van der Waals surface area (Å²) in [6.45, 7) is 3.87. The number of aliphatic hydroxyl groups excluding tert-OH is 2. The minimum absolute atomic E-state index is 0.0148. The van der Waals surface area contributed by atoms with Crippen LogP contribution in [0.2, 0.25) is 0 Å². The minimum atomic E-state index is -0.274. The molecule has 1 amide bonds. The molecule has 2 rings (SSSR count). The van der Waals surface area contributed by atoms with Gasteiger partial charge in [-0.2, -0.15) is 0 Å². The standard InChI is InChI=1S/C17H26N2O4/c1-12-4-5-16(22)15(7-12)17(23)18-8-13-3-2-6-19(9-13)14(10-20)11-21/h4-5,7,13-14,20-22H,2-3,6,8-11H2,1H3,(H,18,23)/t13-/m1/s1. The lowest BCUT2D eigenvalue weighted by Gasteiger charge is -2.36. The molecule has 0 aromatic heterocycles. The molecular weight excluding hydrogens is 296 g/mol. The lowest BCUT2D eigenvalue weighted by Crippen LogP contribution is -2.48. The van der Waals surface area contributed by atoms with Crippen LogP contribution in [-0.4, -0.2) is 65.0 Å². The van der Waals surface area contributed by atoms with Crippen LogP contribution >= 0.6 is 0 Å². The number of carbonyl (C=O) groups is 1. The summed E-state index contributed by atoms with van der Waals surface area (Å²) in [5.74, 6) is -0.0107. The third-order valence-corrected chi connectivity index (χ3v) is 4.44. The SMILES string of the molecule is Cc1ccc(O)c(C(=O)NC[C@H]2CCCN(C(CO)CO)C2)c1. The maximum Gasteiger partial charge on any atom is 0.255 e. The molecule has 0 unspecified atom stereocenters. The molecule has 1 aliphatic rings. The molecule has 6 heteroatoms. The first-order valence-electron chi connectivity index (χ1n) is 8.08. The fourth-order valence-corrected chi connectivity index (χ4v) is 3.05. The number of phenolic OH excluding ortho intramolecular Hbond substituents is 1. The van der Waals surface area contributed by atoms with Crippen LogP contribution in [0, 0.1) is 12.8 Å². The Morgan fingerprint density at radius 1 is 1.39 bits per heavy atom. The third kappa shape index (κ3) is 4.67. The van der Waals surface area contributed by atoms with Crippen molar-refractivity contribution in [2.45, 2.75) is 25.8 Å². The molecule has 0 spiro atoms. The predicted octanol–water partition coefficient (Wildman–Crippen LogP) is 0.496. The largest absolute Gasteiger partial charge is 0.507 e. The summed E-state index contributed by atoms with van der Waals surface area (Å²) >= 11 is 0. The first-order valence-corrected chi connectivity index (χ1v) is 8.08. The predicted molar refractivity (Wildman–Crippen MR) is 87.4 cm³/mol. The van der Waals surface area contributed by atoms with E-state index in [0.717, 1.165) is 31.5 Å². The average Bonchev–Trinajstić information content (AvgIpc) is 2.56. The van der Waals surface area contributed by atoms with Crippen LogP contribution in [0.4, 0.5) is 0 Å². The van der Waals surface area contributed by atoms with Crippen molar-refractivity contribution >= 4 is 5.91 Å². The summed E-state index contributed by atoms with van der Waals surface area (Å²) in [7, 11) is 0. The lowest BCUT2D eigenvalue weighted by molar-refractivity contribution is 0.0437. The third-order valence-electron chi connectivity index (χ3n) is 4.44. The first kappa shape index (κ1) is 17.7. The van der Waals surface area contributed by atoms with E-state index in [1.54, 1.807) is 12.1 Å². The van der Waals surface area contributed by atoms with Gasteiger partial charge >= 0.3 is 0 Å². The van der Waals surface area contributed by atoms with Crippen LogP contribution in [-0.2, 0) is 0 Å². The van der Waals surface area contributed by atoms with Crippen LogP contribution in [0.15, 0.2) is 18.2 Å². The number of nitrogens with zero attached hydrogens (tertiary/aromatic N) is 1. The number of aryl methyl sites for hydroxylation is 1. The van der Waals surface area contributed by atoms with E-state index >= 15 is 0 Å². The fourth-order valence-electron chi connectivity index (χ4n) is 3.05. The molecule has 0 radical (unpaired) electrons. The number of aromatic hydroxyl groups is 1. The van der Waals surface area contributed by atoms with Gasteiger partial charge in [0.2, 0.25) is 0 Å². The quantitative estimate of drug-likeness (QED) is 0.612. The zero-order valence-electron chi connectivity index (χ0n) is 13.5. The molecule has 4 N–H and O–H groups in total. The van der Waals surface area contributed by atoms with Crippen LogP contribution in [0.1, 0.15) is 28.8 Å². The Labute approximate surface area is 136 Å². The molecule has 0 saturated carbocycles. The second-order valence-electron chi connectivity index (χ2n) is 6.25. The fraction of sp³-hybridized carbons (Fsp3) is 0.588. The Morgan fingerprint density at radius 2 is 2.13 bits per heavy atom. The number of likely N-dealkylation sites (tertiary alicyclic amines) is 1. The number of aliphatic hydroxyl groups is 2. The van der Waals surface area contributed by atoms with Crippen molar-refractivity contribution in [3.8, 4) is 5.75 Å². The Kier molecular flexibility index (Phi) is 6.38. The van der Waals surface area contributed by atoms with Gasteiger partial charge in [-0.05, 0) is 44.4 Å². The summed E-state index contributed by atoms with van der Waals surface area (Å²) < 4.78 is 0. The van der Waals surface area contributed by atoms with Crippen molar-refractivity contribution in [1.82, 2.24) is 10.2 Å². The highest BCUT2D eigenvalue weighted by Gasteiger charge is 2.25. The van der Waals surface area contributed by atoms with Crippen LogP contribution in [0.3, 0.4) is 0 Å². The van der Waals surface area contributed by atoms with E-state index in [4.69, 9.17) is 0 Å². The monoisotopic (exact) mass is 322 g/mol. The number of amides is 1. The molecule has 1 atom stereocenters. The Hall–Kier alpha value is -1.63. The molecule has 6 nitrogen and oxygen atoms in total. The lowest BCUT2D eigenvalue weighted by atomic mass is 9.96. The summed E-state index contributed by atoms with van der Waals surface area (Å²) in [6.07, 6.45) is 1.98. The summed E-state index contributed by atoms with van der Waals surface area (Å²) in [6, 6.07) is 4.73. The van der Waals surface area contributed by atoms with Gasteiger partial charge in [-0.15, -0.1) is 0 Å². The summed E-state index contributed by atoms with van der Waals surface area (Å²) in [5, 5.41) is 31.3. The number of nitrogens with one attached hydrogen (secondary N) is 1. The number of benzene rings is 1. The maximum atomic E-state index is 12.2. The molecule has 1 aromatic rings. The van der Waals surface area contributed by atoms with Crippen molar-refractivity contribution in [2.24, 2.45) is 5.92 Å². The normalized spacial score (nSPS) is 19.0. The molecule has 1 aliphatic heterocycles. The molecule has 0 aliphatic carbocycles. The van der Waals surface area contributed by atoms with Gasteiger partial charge in [0.15, 0.2) is 0 Å². The highest BCUT2D eigenvalue weighted by atomic mass is 16.3. The van der Waals surface area contributed by atoms with Crippen molar-refractivity contribution in [1.29, 1.82) is 0 Å². The van der Waals surface area contributed by atoms with Crippen molar-refractivity contribution < 1.29 is 20.1 Å². The van der Waals surface area contributed by atoms with E-state index in [9.17, 15) is 20.1 Å². The van der Waals surface area contributed by atoms with Crippen molar-refractivity contribution in [3.05, 3.63) is 29.3 Å². The topological polar surface area (TPSA) is 93.0 Å². The molecule has 1 heterocycles. The number of carbonyl (C=O) groups excluding carboxylic acids is 1. The van der Waals surface area contributed by atoms with E-state index < -0.39 is 0 Å². The molecule has 1 aromatic carbocycles. The maximum absolute atomic E-state index is 12.2. The smallest absolute Gasteiger partial charge is 0.255 e. The van der Waals surface area contributed by atoms with Gasteiger partial charge in [0, 0.05) is 13.1 Å². The first-order chi connectivity index (χ1) is 11.0. The van der Waals surface area contributed by atoms with Crippen LogP contribution in [0.5, 0.6) is 5.75 Å². The molecule has 23 heavy (non-hydrogen) atoms. The number of rotatable bonds is 6. The van der Waals surface area contributed by atoms with E-state index in [-0.39, 0.29) is 36.8 Å². The van der Waals surface area contributed by atoms with Gasteiger partial charge in [-0.25, -0.2) is 0 Å². The zero-order valence-corrected chi connectivity index (χ0v) is 13.5. The van der Waals surface area contributed by atoms with E-state index in [2.05, 4.69) is 10.2 Å². The summed E-state index contributed by atoms with van der Waals surface area (Å²) in [4.78, 5) is 14.3. The van der Waals surface area contributed by atoms with Gasteiger partial charge in [-0.1, -0.05) is 11.6 Å². The van der Waals surface area contributed by atoms with E-state index in [0.29, 0.717) is 12.1 Å². The Bertz CT molecular complexity index is 531. The van der Waals surface area contributed by atoms with E-state index in [1.807, 2.05) is 6.92 Å². The molecule has 128 valence electrons.